The molecule has 0 spiro atoms. The fourth-order valence-corrected chi connectivity index (χ4v) is 1.53. The summed E-state index contributed by atoms with van der Waals surface area (Å²) >= 11 is 0. The van der Waals surface area contributed by atoms with Gasteiger partial charge in [0.2, 0.25) is 0 Å². The summed E-state index contributed by atoms with van der Waals surface area (Å²) in [6, 6.07) is 7.96. The Hall–Kier alpha value is -1.51. The third-order valence-corrected chi connectivity index (χ3v) is 2.32. The van der Waals surface area contributed by atoms with Gasteiger partial charge in [-0.25, -0.2) is 0 Å². The number of nitrogens with zero attached hydrogens (tertiary/aromatic N) is 1. The van der Waals surface area contributed by atoms with Gasteiger partial charge in [-0.05, 0) is 24.1 Å². The van der Waals surface area contributed by atoms with Gasteiger partial charge < -0.3 is 11.1 Å². The zero-order valence-electron chi connectivity index (χ0n) is 8.16. The van der Waals surface area contributed by atoms with Gasteiger partial charge in [-0.15, -0.1) is 0 Å². The zero-order chi connectivity index (χ0) is 9.80. The molecular formula is C11H15N3. The van der Waals surface area contributed by atoms with Gasteiger partial charge in [0, 0.05) is 25.2 Å². The molecule has 0 fully saturated rings. The molecule has 0 aromatic heterocycles. The Bertz CT molecular complexity index is 327. The second-order valence-corrected chi connectivity index (χ2v) is 3.53. The van der Waals surface area contributed by atoms with Crippen LogP contribution in [0.4, 0.5) is 5.69 Å². The number of hydrogen-bond acceptors (Lipinski definition) is 3. The van der Waals surface area contributed by atoms with Gasteiger partial charge in [-0.2, -0.15) is 0 Å². The summed E-state index contributed by atoms with van der Waals surface area (Å²) in [7, 11) is 0. The van der Waals surface area contributed by atoms with E-state index in [0.717, 1.165) is 37.5 Å². The van der Waals surface area contributed by atoms with Crippen LogP contribution >= 0.6 is 0 Å². The number of nitrogen functional groups attached to an aromatic ring is 1. The molecule has 3 N–H and O–H groups in total. The summed E-state index contributed by atoms with van der Waals surface area (Å²) in [5, 5.41) is 3.30. The molecule has 74 valence electrons. The minimum atomic E-state index is 0.812. The van der Waals surface area contributed by atoms with Crippen molar-refractivity contribution >= 4 is 11.5 Å². The molecule has 3 nitrogen and oxygen atoms in total. The molecule has 0 bridgehead atoms. The van der Waals surface area contributed by atoms with Crippen molar-refractivity contribution in [2.24, 2.45) is 4.99 Å². The molecule has 0 saturated carbocycles. The van der Waals surface area contributed by atoms with E-state index >= 15 is 0 Å². The average Bonchev–Trinajstić information content (AvgIpc) is 2.23. The predicted molar refractivity (Wildman–Crippen MR) is 59.5 cm³/mol. The van der Waals surface area contributed by atoms with Crippen molar-refractivity contribution in [3.8, 4) is 0 Å². The Labute approximate surface area is 84.0 Å². The molecule has 3 heteroatoms. The summed E-state index contributed by atoms with van der Waals surface area (Å²) in [4.78, 5) is 4.42. The molecule has 2 rings (SSSR count). The first-order chi connectivity index (χ1) is 6.84. The van der Waals surface area contributed by atoms with Crippen LogP contribution in [0.15, 0.2) is 29.3 Å². The van der Waals surface area contributed by atoms with Crippen molar-refractivity contribution < 1.29 is 0 Å². The third-order valence-electron chi connectivity index (χ3n) is 2.32. The van der Waals surface area contributed by atoms with Gasteiger partial charge in [-0.1, -0.05) is 12.1 Å². The van der Waals surface area contributed by atoms with Crippen LogP contribution in [0.1, 0.15) is 12.0 Å². The minimum Gasteiger partial charge on any atom is -0.399 e. The van der Waals surface area contributed by atoms with Gasteiger partial charge in [0.05, 0.1) is 0 Å². The highest BCUT2D eigenvalue weighted by Crippen LogP contribution is 2.07. The third kappa shape index (κ3) is 2.25. The monoisotopic (exact) mass is 189 g/mol. The lowest BCUT2D eigenvalue weighted by Crippen LogP contribution is -2.30. The maximum atomic E-state index is 5.61. The second-order valence-electron chi connectivity index (χ2n) is 3.53. The number of amidine groups is 1. The predicted octanol–water partition coefficient (Wildman–Crippen LogP) is 1.20. The molecule has 1 aliphatic rings. The van der Waals surface area contributed by atoms with Crippen molar-refractivity contribution in [3.05, 3.63) is 29.8 Å². The quantitative estimate of drug-likeness (QED) is 0.687. The topological polar surface area (TPSA) is 50.4 Å². The van der Waals surface area contributed by atoms with E-state index in [1.807, 2.05) is 24.3 Å². The van der Waals surface area contributed by atoms with E-state index in [1.165, 1.54) is 5.56 Å². The van der Waals surface area contributed by atoms with Crippen molar-refractivity contribution in [1.82, 2.24) is 5.32 Å². The smallest absolute Gasteiger partial charge is 0.101 e. The largest absolute Gasteiger partial charge is 0.399 e. The summed E-state index contributed by atoms with van der Waals surface area (Å²) in [6.07, 6.45) is 2.03. The highest BCUT2D eigenvalue weighted by Gasteiger charge is 2.04. The minimum absolute atomic E-state index is 0.812. The molecule has 0 saturated heterocycles. The number of hydrogen-bond donors (Lipinski definition) is 2. The maximum absolute atomic E-state index is 5.61. The number of rotatable bonds is 2. The summed E-state index contributed by atoms with van der Waals surface area (Å²) in [5.41, 5.74) is 7.68. The fourth-order valence-electron chi connectivity index (χ4n) is 1.53. The van der Waals surface area contributed by atoms with Gasteiger partial charge in [0.1, 0.15) is 5.84 Å². The summed E-state index contributed by atoms with van der Waals surface area (Å²) in [6.45, 7) is 2.01. The van der Waals surface area contributed by atoms with Gasteiger partial charge in [0.15, 0.2) is 0 Å². The van der Waals surface area contributed by atoms with Crippen LogP contribution < -0.4 is 11.1 Å². The molecule has 0 unspecified atom stereocenters. The van der Waals surface area contributed by atoms with E-state index in [1.54, 1.807) is 0 Å². The molecule has 0 atom stereocenters. The van der Waals surface area contributed by atoms with E-state index < -0.39 is 0 Å². The Kier molecular flexibility index (Phi) is 2.68. The normalized spacial score (nSPS) is 15.9. The van der Waals surface area contributed by atoms with Crippen molar-refractivity contribution in [3.63, 3.8) is 0 Å². The van der Waals surface area contributed by atoms with Crippen molar-refractivity contribution in [2.45, 2.75) is 12.8 Å². The number of anilines is 1. The molecule has 0 radical (unpaired) electrons. The van der Waals surface area contributed by atoms with E-state index in [0.29, 0.717) is 0 Å². The van der Waals surface area contributed by atoms with E-state index in [-0.39, 0.29) is 0 Å². The molecular weight excluding hydrogens is 174 g/mol. The lowest BCUT2D eigenvalue weighted by Gasteiger charge is -2.14. The Morgan fingerprint density at radius 1 is 1.29 bits per heavy atom. The molecule has 1 aliphatic heterocycles. The van der Waals surface area contributed by atoms with Crippen LogP contribution in [0.3, 0.4) is 0 Å². The average molecular weight is 189 g/mol. The van der Waals surface area contributed by atoms with E-state index in [2.05, 4.69) is 10.3 Å². The van der Waals surface area contributed by atoms with Crippen LogP contribution in [0.5, 0.6) is 0 Å². The highest BCUT2D eigenvalue weighted by atomic mass is 15.0. The fraction of sp³-hybridized carbons (Fsp3) is 0.364. The standard InChI is InChI=1S/C11H15N3/c12-10-4-2-9(3-5-10)8-11-13-6-1-7-14-11/h2-5H,1,6-8,12H2,(H,13,14). The molecule has 1 aromatic carbocycles. The molecule has 0 aliphatic carbocycles. The summed E-state index contributed by atoms with van der Waals surface area (Å²) in [5.74, 6) is 1.10. The Morgan fingerprint density at radius 3 is 2.71 bits per heavy atom. The Balaban J connectivity index is 2.03. The lowest BCUT2D eigenvalue weighted by molar-refractivity contribution is 0.731. The van der Waals surface area contributed by atoms with Crippen LogP contribution in [0.2, 0.25) is 0 Å². The van der Waals surface area contributed by atoms with Crippen LogP contribution in [0.25, 0.3) is 0 Å². The lowest BCUT2D eigenvalue weighted by atomic mass is 10.1. The van der Waals surface area contributed by atoms with E-state index in [9.17, 15) is 0 Å². The second kappa shape index (κ2) is 4.13. The SMILES string of the molecule is Nc1ccc(CC2=NCCCN2)cc1. The van der Waals surface area contributed by atoms with E-state index in [4.69, 9.17) is 5.73 Å². The molecule has 1 aromatic rings. The highest BCUT2D eigenvalue weighted by molar-refractivity contribution is 5.84. The first-order valence-electron chi connectivity index (χ1n) is 4.96. The number of nitrogens with two attached hydrogens (primary N) is 1. The number of nitrogens with one attached hydrogen (secondary N) is 1. The Morgan fingerprint density at radius 2 is 2.07 bits per heavy atom. The number of aliphatic imine (C=N–C) groups is 1. The van der Waals surface area contributed by atoms with Crippen LogP contribution in [-0.2, 0) is 6.42 Å². The molecule has 1 heterocycles. The van der Waals surface area contributed by atoms with Gasteiger partial charge in [0.25, 0.3) is 0 Å². The van der Waals surface area contributed by atoms with Crippen molar-refractivity contribution in [1.29, 1.82) is 0 Å². The first-order valence-corrected chi connectivity index (χ1v) is 4.96. The maximum Gasteiger partial charge on any atom is 0.101 e. The van der Waals surface area contributed by atoms with Crippen LogP contribution in [-0.4, -0.2) is 18.9 Å². The van der Waals surface area contributed by atoms with Gasteiger partial charge in [-0.3, -0.25) is 4.99 Å². The van der Waals surface area contributed by atoms with Gasteiger partial charge >= 0.3 is 0 Å². The van der Waals surface area contributed by atoms with Crippen LogP contribution in [0, 0.1) is 0 Å². The summed E-state index contributed by atoms with van der Waals surface area (Å²) < 4.78 is 0. The number of benzene rings is 1. The molecule has 14 heavy (non-hydrogen) atoms. The first kappa shape index (κ1) is 9.06. The molecule has 0 amide bonds. The van der Waals surface area contributed by atoms with Crippen molar-refractivity contribution in [2.75, 3.05) is 18.8 Å². The zero-order valence-corrected chi connectivity index (χ0v) is 8.16.